The minimum Gasteiger partial charge on any atom is -0.324 e. The van der Waals surface area contributed by atoms with Gasteiger partial charge >= 0.3 is 0 Å². The average molecular weight is 393 g/mol. The van der Waals surface area contributed by atoms with Gasteiger partial charge in [-0.25, -0.2) is 0 Å². The van der Waals surface area contributed by atoms with Crippen LogP contribution in [0, 0.1) is 0 Å². The Morgan fingerprint density at radius 3 is 2.55 bits per heavy atom. The van der Waals surface area contributed by atoms with Crippen LogP contribution < -0.4 is 10.2 Å². The highest BCUT2D eigenvalue weighted by atomic mass is 16.2. The van der Waals surface area contributed by atoms with Crippen molar-refractivity contribution in [1.29, 1.82) is 0 Å². The van der Waals surface area contributed by atoms with Crippen LogP contribution in [0.3, 0.4) is 0 Å². The number of nitrogens with one attached hydrogen (secondary N) is 1. The fourth-order valence-corrected chi connectivity index (χ4v) is 4.13. The van der Waals surface area contributed by atoms with Gasteiger partial charge in [-0.1, -0.05) is 18.2 Å². The number of benzene rings is 1. The topological polar surface area (TPSA) is 68.8 Å². The quantitative estimate of drug-likeness (QED) is 0.840. The Balaban J connectivity index is 1.29. The number of para-hydroxylation sites is 1. The predicted molar refractivity (Wildman–Crippen MR) is 113 cm³/mol. The molecule has 2 fully saturated rings. The van der Waals surface area contributed by atoms with Crippen LogP contribution >= 0.6 is 0 Å². The molecule has 1 unspecified atom stereocenters. The molecule has 0 bridgehead atoms. The summed E-state index contributed by atoms with van der Waals surface area (Å²) in [5, 5.41) is 2.88. The fraction of sp³-hybridized carbons (Fsp3) is 0.409. The van der Waals surface area contributed by atoms with Crippen molar-refractivity contribution in [2.75, 3.05) is 49.5 Å². The summed E-state index contributed by atoms with van der Waals surface area (Å²) in [6.07, 6.45) is 5.24. The van der Waals surface area contributed by atoms with Crippen molar-refractivity contribution in [3.8, 4) is 0 Å². The van der Waals surface area contributed by atoms with Crippen molar-refractivity contribution in [3.63, 3.8) is 0 Å². The number of carbonyl (C=O) groups is 2. The number of piperazine rings is 1. The third-order valence-corrected chi connectivity index (χ3v) is 5.64. The first-order valence-electron chi connectivity index (χ1n) is 10.2. The fourth-order valence-electron chi connectivity index (χ4n) is 4.13. The molecule has 0 spiro atoms. The highest BCUT2D eigenvalue weighted by Crippen LogP contribution is 2.24. The van der Waals surface area contributed by atoms with Crippen LogP contribution in [0.25, 0.3) is 0 Å². The Kier molecular flexibility index (Phi) is 6.17. The maximum absolute atomic E-state index is 13.1. The first kappa shape index (κ1) is 19.5. The molecule has 7 nitrogen and oxygen atoms in total. The zero-order chi connectivity index (χ0) is 20.1. The van der Waals surface area contributed by atoms with Gasteiger partial charge in [0.25, 0.3) is 0 Å². The van der Waals surface area contributed by atoms with Crippen molar-refractivity contribution < 1.29 is 9.59 Å². The summed E-state index contributed by atoms with van der Waals surface area (Å²) in [4.78, 5) is 35.7. The minimum absolute atomic E-state index is 0.0320. The Morgan fingerprint density at radius 1 is 1.03 bits per heavy atom. The molecule has 2 amide bonds. The van der Waals surface area contributed by atoms with E-state index < -0.39 is 0 Å². The van der Waals surface area contributed by atoms with Gasteiger partial charge in [-0.05, 0) is 37.1 Å². The van der Waals surface area contributed by atoms with Crippen LogP contribution in [-0.2, 0) is 9.59 Å². The molecule has 0 aliphatic carbocycles. The van der Waals surface area contributed by atoms with E-state index in [1.165, 1.54) is 0 Å². The second-order valence-corrected chi connectivity index (χ2v) is 7.59. The summed E-state index contributed by atoms with van der Waals surface area (Å²) in [7, 11) is 0. The summed E-state index contributed by atoms with van der Waals surface area (Å²) in [5.74, 6) is 0.167. The van der Waals surface area contributed by atoms with Gasteiger partial charge in [0.05, 0.1) is 24.5 Å². The first-order chi connectivity index (χ1) is 14.2. The molecule has 2 aliphatic heterocycles. The number of piperidine rings is 1. The summed E-state index contributed by atoms with van der Waals surface area (Å²) < 4.78 is 0. The van der Waals surface area contributed by atoms with Crippen LogP contribution in [0.15, 0.2) is 54.9 Å². The molecule has 2 aromatic rings. The van der Waals surface area contributed by atoms with E-state index >= 15 is 0 Å². The predicted octanol–water partition coefficient (Wildman–Crippen LogP) is 1.83. The second-order valence-electron chi connectivity index (χ2n) is 7.59. The standard InChI is InChI=1S/C22H27N5O2/c28-21(24-18-6-4-10-23-16-18)17-25-12-14-26(15-13-25)20-9-5-11-27(22(20)29)19-7-2-1-3-8-19/h1-4,6-8,10,16,20H,5,9,11-15,17H2,(H,24,28). The molecule has 0 saturated carbocycles. The van der Waals surface area contributed by atoms with E-state index in [-0.39, 0.29) is 17.9 Å². The van der Waals surface area contributed by atoms with Crippen LogP contribution in [0.2, 0.25) is 0 Å². The lowest BCUT2D eigenvalue weighted by Gasteiger charge is -2.42. The highest BCUT2D eigenvalue weighted by Gasteiger charge is 2.35. The zero-order valence-corrected chi connectivity index (χ0v) is 16.5. The van der Waals surface area contributed by atoms with Gasteiger partial charge in [0.15, 0.2) is 0 Å². The van der Waals surface area contributed by atoms with Gasteiger partial charge in [0, 0.05) is 44.6 Å². The minimum atomic E-state index is -0.0599. The number of pyridine rings is 1. The van der Waals surface area contributed by atoms with Crippen molar-refractivity contribution >= 4 is 23.2 Å². The summed E-state index contributed by atoms with van der Waals surface area (Å²) >= 11 is 0. The summed E-state index contributed by atoms with van der Waals surface area (Å²) in [6.45, 7) is 4.33. The van der Waals surface area contributed by atoms with Gasteiger partial charge in [-0.3, -0.25) is 24.4 Å². The Morgan fingerprint density at radius 2 is 1.83 bits per heavy atom. The monoisotopic (exact) mass is 393 g/mol. The van der Waals surface area contributed by atoms with E-state index in [2.05, 4.69) is 20.1 Å². The lowest BCUT2D eigenvalue weighted by Crippen LogP contribution is -2.58. The second kappa shape index (κ2) is 9.15. The van der Waals surface area contributed by atoms with Crippen LogP contribution in [0.4, 0.5) is 11.4 Å². The van der Waals surface area contributed by atoms with E-state index in [9.17, 15) is 9.59 Å². The lowest BCUT2D eigenvalue weighted by molar-refractivity contribution is -0.127. The SMILES string of the molecule is O=C(CN1CCN(C2CCCN(c3ccccc3)C2=O)CC1)Nc1cccnc1. The Labute approximate surface area is 171 Å². The molecule has 1 atom stereocenters. The summed E-state index contributed by atoms with van der Waals surface area (Å²) in [6, 6.07) is 13.5. The van der Waals surface area contributed by atoms with Crippen molar-refractivity contribution in [2.45, 2.75) is 18.9 Å². The van der Waals surface area contributed by atoms with Crippen molar-refractivity contribution in [2.24, 2.45) is 0 Å². The van der Waals surface area contributed by atoms with E-state index in [1.54, 1.807) is 18.5 Å². The number of amides is 2. The molecular weight excluding hydrogens is 366 g/mol. The molecule has 29 heavy (non-hydrogen) atoms. The normalized spacial score (nSPS) is 21.2. The number of aromatic nitrogens is 1. The average Bonchev–Trinajstić information content (AvgIpc) is 2.76. The molecule has 7 heteroatoms. The molecule has 2 saturated heterocycles. The lowest BCUT2D eigenvalue weighted by atomic mass is 10.0. The van der Waals surface area contributed by atoms with Crippen LogP contribution in [-0.4, -0.2) is 71.9 Å². The van der Waals surface area contributed by atoms with Crippen molar-refractivity contribution in [1.82, 2.24) is 14.8 Å². The summed E-state index contributed by atoms with van der Waals surface area (Å²) in [5.41, 5.74) is 1.69. The third-order valence-electron chi connectivity index (χ3n) is 5.64. The zero-order valence-electron chi connectivity index (χ0n) is 16.5. The Hall–Kier alpha value is -2.77. The number of carbonyl (C=O) groups excluding carboxylic acids is 2. The highest BCUT2D eigenvalue weighted by molar-refractivity contribution is 5.98. The maximum Gasteiger partial charge on any atom is 0.244 e. The molecule has 1 aromatic heterocycles. The number of hydrogen-bond acceptors (Lipinski definition) is 5. The number of hydrogen-bond donors (Lipinski definition) is 1. The van der Waals surface area contributed by atoms with Gasteiger partial charge in [0.2, 0.25) is 11.8 Å². The molecule has 2 aliphatic rings. The molecule has 0 radical (unpaired) electrons. The smallest absolute Gasteiger partial charge is 0.244 e. The van der Waals surface area contributed by atoms with Gasteiger partial charge in [-0.15, -0.1) is 0 Å². The molecule has 4 rings (SSSR count). The van der Waals surface area contributed by atoms with Gasteiger partial charge in [-0.2, -0.15) is 0 Å². The number of anilines is 2. The van der Waals surface area contributed by atoms with Crippen LogP contribution in [0.1, 0.15) is 12.8 Å². The van der Waals surface area contributed by atoms with E-state index in [0.717, 1.165) is 51.3 Å². The van der Waals surface area contributed by atoms with E-state index in [4.69, 9.17) is 0 Å². The van der Waals surface area contributed by atoms with Gasteiger partial charge < -0.3 is 10.2 Å². The van der Waals surface area contributed by atoms with E-state index in [1.807, 2.05) is 41.3 Å². The molecule has 1 aromatic carbocycles. The van der Waals surface area contributed by atoms with E-state index in [0.29, 0.717) is 12.2 Å². The largest absolute Gasteiger partial charge is 0.324 e. The molecule has 152 valence electrons. The molecular formula is C22H27N5O2. The Bertz CT molecular complexity index is 822. The number of nitrogens with zero attached hydrogens (tertiary/aromatic N) is 4. The number of rotatable bonds is 5. The maximum atomic E-state index is 13.1. The molecule has 1 N–H and O–H groups in total. The van der Waals surface area contributed by atoms with Crippen LogP contribution in [0.5, 0.6) is 0 Å². The van der Waals surface area contributed by atoms with Gasteiger partial charge in [0.1, 0.15) is 0 Å². The molecule has 3 heterocycles. The first-order valence-corrected chi connectivity index (χ1v) is 10.2. The third kappa shape index (κ3) is 4.81. The van der Waals surface area contributed by atoms with Crippen molar-refractivity contribution in [3.05, 3.63) is 54.9 Å².